The van der Waals surface area contributed by atoms with Gasteiger partial charge in [-0.1, -0.05) is 18.7 Å². The lowest BCUT2D eigenvalue weighted by Gasteiger charge is -2.07. The van der Waals surface area contributed by atoms with Crippen LogP contribution in [0.4, 0.5) is 10.2 Å². The van der Waals surface area contributed by atoms with Gasteiger partial charge in [0.25, 0.3) is 0 Å². The van der Waals surface area contributed by atoms with Crippen molar-refractivity contribution in [2.45, 2.75) is 0 Å². The minimum absolute atomic E-state index is 0.353. The average molecular weight is 282 g/mol. The van der Waals surface area contributed by atoms with Crippen LogP contribution >= 0.6 is 0 Å². The van der Waals surface area contributed by atoms with Gasteiger partial charge in [-0.25, -0.2) is 9.37 Å². The third kappa shape index (κ3) is 3.39. The minimum atomic E-state index is -0.390. The number of nitrogen functional groups attached to an aromatic ring is 1. The molecule has 2 aromatic heterocycles. The summed E-state index contributed by atoms with van der Waals surface area (Å²) in [4.78, 5) is 12.3. The van der Waals surface area contributed by atoms with E-state index in [0.717, 1.165) is 17.3 Å². The van der Waals surface area contributed by atoms with E-state index >= 15 is 0 Å². The molecule has 0 fully saturated rings. The summed E-state index contributed by atoms with van der Waals surface area (Å²) >= 11 is 0. The van der Waals surface area contributed by atoms with Gasteiger partial charge in [-0.2, -0.15) is 0 Å². The predicted molar refractivity (Wildman–Crippen MR) is 84.4 cm³/mol. The van der Waals surface area contributed by atoms with Crippen LogP contribution in [0.5, 0.6) is 0 Å². The average Bonchev–Trinajstić information content (AvgIpc) is 2.48. The molecule has 2 heterocycles. The number of pyridine rings is 2. The molecule has 0 atom stereocenters. The summed E-state index contributed by atoms with van der Waals surface area (Å²) in [5.74, 6) is -0.0367. The van der Waals surface area contributed by atoms with Crippen molar-refractivity contribution in [3.05, 3.63) is 60.6 Å². The first-order chi connectivity index (χ1) is 10.2. The van der Waals surface area contributed by atoms with Crippen molar-refractivity contribution in [1.82, 2.24) is 9.97 Å². The smallest absolute Gasteiger partial charge is 0.141 e. The number of anilines is 1. The lowest BCUT2D eigenvalue weighted by Crippen LogP contribution is -2.00. The number of aromatic nitrogens is 2. The highest BCUT2D eigenvalue weighted by molar-refractivity contribution is 6.11. The number of hydrogen-bond acceptors (Lipinski definition) is 4. The van der Waals surface area contributed by atoms with Gasteiger partial charge < -0.3 is 5.73 Å². The number of rotatable bonds is 4. The van der Waals surface area contributed by atoms with Crippen molar-refractivity contribution in [2.24, 2.45) is 4.99 Å². The van der Waals surface area contributed by atoms with Crippen molar-refractivity contribution in [2.75, 3.05) is 12.8 Å². The maximum absolute atomic E-state index is 12.9. The van der Waals surface area contributed by atoms with Crippen molar-refractivity contribution < 1.29 is 4.39 Å². The van der Waals surface area contributed by atoms with Gasteiger partial charge in [-0.05, 0) is 24.3 Å². The molecule has 21 heavy (non-hydrogen) atoms. The molecule has 2 aromatic rings. The van der Waals surface area contributed by atoms with Crippen molar-refractivity contribution in [3.8, 4) is 11.4 Å². The third-order valence-electron chi connectivity index (χ3n) is 2.79. The molecule has 4 nitrogen and oxygen atoms in total. The zero-order valence-corrected chi connectivity index (χ0v) is 11.6. The Morgan fingerprint density at radius 3 is 2.62 bits per heavy atom. The molecular weight excluding hydrogens is 267 g/mol. The number of hydrogen-bond donors (Lipinski definition) is 1. The maximum atomic E-state index is 12.9. The monoisotopic (exact) mass is 282 g/mol. The first-order valence-electron chi connectivity index (χ1n) is 6.29. The van der Waals surface area contributed by atoms with E-state index in [0.29, 0.717) is 17.2 Å². The van der Waals surface area contributed by atoms with Gasteiger partial charge in [0.1, 0.15) is 11.6 Å². The van der Waals surface area contributed by atoms with E-state index in [2.05, 4.69) is 21.5 Å². The number of halogens is 1. The Hall–Kier alpha value is -2.82. The molecule has 0 radical (unpaired) electrons. The topological polar surface area (TPSA) is 64.2 Å². The van der Waals surface area contributed by atoms with E-state index in [1.54, 1.807) is 37.5 Å². The lowest BCUT2D eigenvalue weighted by atomic mass is 10.1. The molecule has 2 rings (SSSR count). The van der Waals surface area contributed by atoms with Crippen LogP contribution in [0, 0.1) is 5.82 Å². The quantitative estimate of drug-likeness (QED) is 0.692. The molecule has 0 aliphatic heterocycles. The van der Waals surface area contributed by atoms with E-state index in [1.165, 1.54) is 6.07 Å². The van der Waals surface area contributed by atoms with Crippen molar-refractivity contribution in [1.29, 1.82) is 0 Å². The summed E-state index contributed by atoms with van der Waals surface area (Å²) in [7, 11) is 1.68. The second kappa shape index (κ2) is 6.56. The molecule has 0 unspecified atom stereocenters. The Morgan fingerprint density at radius 1 is 1.29 bits per heavy atom. The van der Waals surface area contributed by atoms with Gasteiger partial charge in [0.05, 0.1) is 17.6 Å². The van der Waals surface area contributed by atoms with Crippen LogP contribution in [-0.2, 0) is 0 Å². The van der Waals surface area contributed by atoms with Crippen LogP contribution < -0.4 is 5.73 Å². The van der Waals surface area contributed by atoms with E-state index in [1.807, 2.05) is 6.07 Å². The summed E-state index contributed by atoms with van der Waals surface area (Å²) in [5, 5.41) is 0. The summed E-state index contributed by atoms with van der Waals surface area (Å²) in [6, 6.07) is 6.51. The molecule has 0 saturated carbocycles. The lowest BCUT2D eigenvalue weighted by molar-refractivity contribution is 0.622. The molecule has 0 bridgehead atoms. The zero-order chi connectivity index (χ0) is 15.2. The molecule has 106 valence electrons. The fourth-order valence-corrected chi connectivity index (χ4v) is 1.86. The SMILES string of the molecule is C=C/C=C(\C=NC)c1ccc(-c2ccc(F)cn2)nc1N. The summed E-state index contributed by atoms with van der Waals surface area (Å²) in [6.07, 6.45) is 6.29. The summed E-state index contributed by atoms with van der Waals surface area (Å²) in [6.45, 7) is 3.67. The molecule has 0 aromatic carbocycles. The van der Waals surface area contributed by atoms with E-state index in [-0.39, 0.29) is 0 Å². The van der Waals surface area contributed by atoms with Crippen molar-refractivity contribution >= 4 is 17.6 Å². The Bertz CT molecular complexity index is 703. The summed E-state index contributed by atoms with van der Waals surface area (Å²) < 4.78 is 12.9. The largest absolute Gasteiger partial charge is 0.383 e. The number of nitrogens with zero attached hydrogens (tertiary/aromatic N) is 3. The molecule has 0 spiro atoms. The fourth-order valence-electron chi connectivity index (χ4n) is 1.86. The Labute approximate surface area is 122 Å². The van der Waals surface area contributed by atoms with Crippen LogP contribution in [0.15, 0.2) is 54.2 Å². The fraction of sp³-hybridized carbons (Fsp3) is 0.0625. The molecule has 5 heteroatoms. The van der Waals surface area contributed by atoms with E-state index in [4.69, 9.17) is 5.73 Å². The van der Waals surface area contributed by atoms with E-state index in [9.17, 15) is 4.39 Å². The van der Waals surface area contributed by atoms with Crippen LogP contribution in [-0.4, -0.2) is 23.2 Å². The van der Waals surface area contributed by atoms with Gasteiger partial charge in [0, 0.05) is 24.4 Å². The van der Waals surface area contributed by atoms with Gasteiger partial charge in [0.2, 0.25) is 0 Å². The van der Waals surface area contributed by atoms with Crippen LogP contribution in [0.25, 0.3) is 17.0 Å². The van der Waals surface area contributed by atoms with Gasteiger partial charge in [0.15, 0.2) is 0 Å². The predicted octanol–water partition coefficient (Wildman–Crippen LogP) is 3.13. The minimum Gasteiger partial charge on any atom is -0.383 e. The molecule has 2 N–H and O–H groups in total. The Balaban J connectivity index is 2.43. The van der Waals surface area contributed by atoms with Gasteiger partial charge >= 0.3 is 0 Å². The number of allylic oxidation sites excluding steroid dienone is 3. The normalized spacial score (nSPS) is 11.8. The highest BCUT2D eigenvalue weighted by Gasteiger charge is 2.08. The third-order valence-corrected chi connectivity index (χ3v) is 2.79. The molecule has 0 saturated heterocycles. The Morgan fingerprint density at radius 2 is 2.05 bits per heavy atom. The summed E-state index contributed by atoms with van der Waals surface area (Å²) in [5.41, 5.74) is 8.72. The Kier molecular flexibility index (Phi) is 4.56. The molecular formula is C16H15FN4. The van der Waals surface area contributed by atoms with Crippen LogP contribution in [0.3, 0.4) is 0 Å². The van der Waals surface area contributed by atoms with Crippen LogP contribution in [0.2, 0.25) is 0 Å². The molecule has 0 aliphatic carbocycles. The number of nitrogens with two attached hydrogens (primary N) is 1. The van der Waals surface area contributed by atoms with Gasteiger partial charge in [-0.3, -0.25) is 9.98 Å². The maximum Gasteiger partial charge on any atom is 0.141 e. The molecule has 0 amide bonds. The highest BCUT2D eigenvalue weighted by Crippen LogP contribution is 2.23. The zero-order valence-electron chi connectivity index (χ0n) is 11.6. The molecule has 0 aliphatic rings. The van der Waals surface area contributed by atoms with E-state index < -0.39 is 5.82 Å². The first-order valence-corrected chi connectivity index (χ1v) is 6.29. The standard InChI is InChI=1S/C16H15FN4/c1-3-4-11(9-19-2)13-6-8-15(21-16(13)18)14-7-5-12(17)10-20-14/h3-10H,1H2,2H3,(H2,18,21)/b11-4+,19-9?. The first kappa shape index (κ1) is 14.6. The van der Waals surface area contributed by atoms with Crippen molar-refractivity contribution in [3.63, 3.8) is 0 Å². The van der Waals surface area contributed by atoms with Gasteiger partial charge in [-0.15, -0.1) is 0 Å². The highest BCUT2D eigenvalue weighted by atomic mass is 19.1. The van der Waals surface area contributed by atoms with Crippen LogP contribution in [0.1, 0.15) is 5.56 Å². The second-order valence-electron chi connectivity index (χ2n) is 4.24. The number of aliphatic imine (C=N–C) groups is 1. The second-order valence-corrected chi connectivity index (χ2v) is 4.24.